The minimum absolute atomic E-state index is 0.0809. The normalized spacial score (nSPS) is 20.9. The van der Waals surface area contributed by atoms with Gasteiger partial charge in [0, 0.05) is 42.9 Å². The Morgan fingerprint density at radius 1 is 0.684 bits per heavy atom. The van der Waals surface area contributed by atoms with Crippen LogP contribution >= 0.6 is 8.60 Å². The summed E-state index contributed by atoms with van der Waals surface area (Å²) in [7, 11) is 0.280. The Hall–Kier alpha value is -5.83. The van der Waals surface area contributed by atoms with Gasteiger partial charge in [-0.25, -0.2) is 9.59 Å². The number of likely N-dealkylation sites (N-methyl/N-ethyl adjacent to an activating group) is 1. The van der Waals surface area contributed by atoms with E-state index in [1.165, 1.54) is 21.5 Å². The second-order valence-electron chi connectivity index (χ2n) is 20.6. The van der Waals surface area contributed by atoms with Gasteiger partial charge in [-0.15, -0.1) is 0 Å². The molecule has 4 aromatic carbocycles. The molecule has 6 aromatic rings. The topological polar surface area (TPSA) is 205 Å². The Labute approximate surface area is 444 Å². The van der Waals surface area contributed by atoms with E-state index >= 15 is 0 Å². The summed E-state index contributed by atoms with van der Waals surface area (Å²) >= 11 is 0. The number of aromatic amines is 2. The van der Waals surface area contributed by atoms with Crippen LogP contribution in [0.25, 0.3) is 0 Å². The molecule has 1 unspecified atom stereocenters. The van der Waals surface area contributed by atoms with E-state index in [9.17, 15) is 19.2 Å². The van der Waals surface area contributed by atoms with Crippen LogP contribution in [-0.4, -0.2) is 92.9 Å². The van der Waals surface area contributed by atoms with E-state index in [4.69, 9.17) is 41.7 Å². The van der Waals surface area contributed by atoms with Crippen molar-refractivity contribution in [2.45, 2.75) is 114 Å². The Bertz CT molecular complexity index is 3060. The number of H-pyrrole nitrogens is 2. The number of methoxy groups -OCH3 is 2. The average molecular weight is 1080 g/mol. The van der Waals surface area contributed by atoms with Crippen LogP contribution in [0.1, 0.15) is 85.6 Å². The fourth-order valence-corrected chi connectivity index (χ4v) is 11.9. The summed E-state index contributed by atoms with van der Waals surface area (Å²) in [6.07, 6.45) is -1.84. The first-order valence-electron chi connectivity index (χ1n) is 25.4. The average Bonchev–Trinajstić information content (AvgIpc) is 4.00. The number of aromatic nitrogens is 4. The highest BCUT2D eigenvalue weighted by Crippen LogP contribution is 2.51. The van der Waals surface area contributed by atoms with Gasteiger partial charge in [0.2, 0.25) is 0 Å². The van der Waals surface area contributed by atoms with E-state index in [2.05, 4.69) is 49.1 Å². The van der Waals surface area contributed by atoms with Crippen molar-refractivity contribution >= 4 is 16.9 Å². The Morgan fingerprint density at radius 2 is 1.16 bits per heavy atom. The van der Waals surface area contributed by atoms with Gasteiger partial charge >= 0.3 is 20.0 Å². The fraction of sp³-hybridized carbons (Fsp3) is 0.429. The number of rotatable bonds is 22. The Kier molecular flexibility index (Phi) is 18.0. The van der Waals surface area contributed by atoms with Gasteiger partial charge in [-0.1, -0.05) is 106 Å². The molecule has 0 saturated carbocycles. The van der Waals surface area contributed by atoms with Gasteiger partial charge in [0.1, 0.15) is 47.9 Å². The van der Waals surface area contributed by atoms with Gasteiger partial charge in [0.05, 0.1) is 39.6 Å². The number of ether oxygens (including phenoxy) is 5. The maximum atomic E-state index is 13.6. The van der Waals surface area contributed by atoms with Crippen molar-refractivity contribution in [1.29, 1.82) is 0 Å². The van der Waals surface area contributed by atoms with Crippen LogP contribution in [0.15, 0.2) is 141 Å². The van der Waals surface area contributed by atoms with Crippen molar-refractivity contribution < 1.29 is 41.7 Å². The highest BCUT2D eigenvalue weighted by atomic mass is 31.2. The zero-order valence-corrected chi connectivity index (χ0v) is 46.7. The van der Waals surface area contributed by atoms with Crippen LogP contribution in [0.5, 0.6) is 11.5 Å². The Morgan fingerprint density at radius 3 is 1.64 bits per heavy atom. The number of hydrogen-bond donors (Lipinski definition) is 3. The summed E-state index contributed by atoms with van der Waals surface area (Å²) in [5.41, 5.74) is 0.459. The molecular formula is C56H70N5O13PSi. The van der Waals surface area contributed by atoms with Crippen molar-refractivity contribution in [2.75, 3.05) is 41.0 Å². The molecule has 0 amide bonds. The number of benzene rings is 4. The summed E-state index contributed by atoms with van der Waals surface area (Å²) in [6, 6.07) is 34.9. The largest absolute Gasteiger partial charge is 0.497 e. The summed E-state index contributed by atoms with van der Waals surface area (Å²) in [5.74, 6) is 1.32. The van der Waals surface area contributed by atoms with Gasteiger partial charge in [-0.05, 0) is 85.5 Å². The van der Waals surface area contributed by atoms with E-state index in [1.54, 1.807) is 28.1 Å². The second-order valence-corrected chi connectivity index (χ2v) is 26.5. The molecule has 2 aromatic heterocycles. The van der Waals surface area contributed by atoms with Crippen LogP contribution in [0, 0.1) is 13.8 Å². The molecule has 8 rings (SSSR count). The first kappa shape index (κ1) is 56.4. The molecule has 2 saturated heterocycles. The molecule has 0 spiro atoms. The van der Waals surface area contributed by atoms with Crippen LogP contribution in [-0.2, 0) is 37.8 Å². The third-order valence-corrected chi connectivity index (χ3v) is 20.2. The van der Waals surface area contributed by atoms with E-state index in [1.807, 2.05) is 116 Å². The number of nitrogens with zero attached hydrogens (tertiary/aromatic N) is 2. The van der Waals surface area contributed by atoms with Gasteiger partial charge < -0.3 is 47.0 Å². The highest BCUT2D eigenvalue weighted by molar-refractivity contribution is 7.41. The molecule has 3 N–H and O–H groups in total. The zero-order chi connectivity index (χ0) is 54.4. The molecule has 0 radical (unpaired) electrons. The summed E-state index contributed by atoms with van der Waals surface area (Å²) in [5, 5.41) is 3.08. The third-order valence-electron chi connectivity index (χ3n) is 14.5. The lowest BCUT2D eigenvalue weighted by atomic mass is 9.80. The molecule has 0 bridgehead atoms. The second kappa shape index (κ2) is 24.2. The molecular weight excluding hydrogens is 1010 g/mol. The minimum Gasteiger partial charge on any atom is -0.497 e. The van der Waals surface area contributed by atoms with Crippen molar-refractivity contribution in [2.24, 2.45) is 0 Å². The number of nitrogens with one attached hydrogen (secondary N) is 3. The minimum atomic E-state index is -2.45. The van der Waals surface area contributed by atoms with Crippen molar-refractivity contribution in [3.63, 3.8) is 0 Å². The van der Waals surface area contributed by atoms with Crippen molar-refractivity contribution in [3.8, 4) is 11.5 Å². The highest BCUT2D eigenvalue weighted by Gasteiger charge is 2.48. The molecule has 8 atom stereocenters. The number of hydrogen-bond acceptors (Lipinski definition) is 14. The predicted molar refractivity (Wildman–Crippen MR) is 291 cm³/mol. The first-order chi connectivity index (χ1) is 36.3. The fourth-order valence-electron chi connectivity index (χ4n) is 9.22. The SMILES string of the molecule is CNC[C@@H](OP(OC[C@H]1O[C@@H](n2cc(C)c(=O)[nH]c2=O)C[C@@H]1O[Si](C)(C)C(C)(C)C)O[C@H]1C[C@H](n2cc(C)c(=O)[nH]c2=O)O[C@@H]1COC(c1ccccc1)(c1ccc(OC)cc1)c1ccc(OC)cc1)c1ccccc1. The van der Waals surface area contributed by atoms with Gasteiger partial charge in [-0.2, -0.15) is 0 Å². The molecule has 2 aliphatic rings. The van der Waals surface area contributed by atoms with E-state index in [0.29, 0.717) is 35.6 Å². The van der Waals surface area contributed by atoms with Gasteiger partial charge in [-0.3, -0.25) is 28.7 Å². The first-order valence-corrected chi connectivity index (χ1v) is 29.4. The summed E-state index contributed by atoms with van der Waals surface area (Å²) in [6.45, 7) is 14.2. The van der Waals surface area contributed by atoms with Crippen molar-refractivity contribution in [1.82, 2.24) is 24.4 Å². The lowest BCUT2D eigenvalue weighted by molar-refractivity contribution is -0.0945. The van der Waals surface area contributed by atoms with E-state index in [-0.39, 0.29) is 24.7 Å². The van der Waals surface area contributed by atoms with Crippen molar-refractivity contribution in [3.05, 3.63) is 197 Å². The summed E-state index contributed by atoms with van der Waals surface area (Å²) in [4.78, 5) is 56.9. The number of aryl methyl sites for hydroxylation is 2. The van der Waals surface area contributed by atoms with Crippen LogP contribution in [0.3, 0.4) is 0 Å². The maximum Gasteiger partial charge on any atom is 0.333 e. The third kappa shape index (κ3) is 12.6. The van der Waals surface area contributed by atoms with Crippen LogP contribution in [0.4, 0.5) is 0 Å². The molecule has 76 heavy (non-hydrogen) atoms. The maximum absolute atomic E-state index is 13.6. The lowest BCUT2D eigenvalue weighted by Gasteiger charge is -2.39. The quantitative estimate of drug-likeness (QED) is 0.0333. The van der Waals surface area contributed by atoms with Crippen LogP contribution in [0.2, 0.25) is 18.1 Å². The molecule has 20 heteroatoms. The molecule has 18 nitrogen and oxygen atoms in total. The molecule has 2 aliphatic heterocycles. The molecule has 4 heterocycles. The molecule has 406 valence electrons. The molecule has 0 aliphatic carbocycles. The molecule has 2 fully saturated rings. The van der Waals surface area contributed by atoms with Gasteiger partial charge in [0.15, 0.2) is 8.32 Å². The zero-order valence-electron chi connectivity index (χ0n) is 44.8. The van der Waals surface area contributed by atoms with Crippen LogP contribution < -0.4 is 37.3 Å². The monoisotopic (exact) mass is 1080 g/mol. The van der Waals surface area contributed by atoms with Gasteiger partial charge in [0.25, 0.3) is 11.1 Å². The lowest BCUT2D eigenvalue weighted by Crippen LogP contribution is -2.46. The van der Waals surface area contributed by atoms with E-state index < -0.39 is 88.0 Å². The Balaban J connectivity index is 1.19. The predicted octanol–water partition coefficient (Wildman–Crippen LogP) is 8.30. The smallest absolute Gasteiger partial charge is 0.333 e. The standard InChI is InChI=1S/C56H70N5O13PSi/c1-36-32-60(53(64)58-51(36)62)49-29-44(47(70-49)34-68-56(39-19-15-12-16-20-39,40-21-25-42(66-7)26-22-40)41-23-27-43(67-8)28-24-41)72-75(73-46(31-57-6)38-17-13-11-14-18-38)69-35-48-45(74-76(9,10)55(3,4)5)30-50(71-48)61-33-37(2)52(63)59-54(61)65/h11-28,32-33,44-50,57H,29-31,34-35H2,1-10H3,(H,58,62,64)(H,59,63,65)/t44-,45-,46+,47+,48+,49+,50+,75?/m0/s1. The van der Waals surface area contributed by atoms with E-state index in [0.717, 1.165) is 22.3 Å². The summed E-state index contributed by atoms with van der Waals surface area (Å²) < 4.78 is 62.8.